The van der Waals surface area contributed by atoms with Gasteiger partial charge >= 0.3 is 0 Å². The van der Waals surface area contributed by atoms with Crippen LogP contribution in [0.25, 0.3) is 11.3 Å². The van der Waals surface area contributed by atoms with Crippen molar-refractivity contribution in [3.63, 3.8) is 0 Å². The first kappa shape index (κ1) is 14.2. The first-order chi connectivity index (χ1) is 9.63. The monoisotopic (exact) mass is 351 g/mol. The van der Waals surface area contributed by atoms with Crippen molar-refractivity contribution in [2.45, 2.75) is 6.04 Å². The topological polar surface area (TPSA) is 19.4 Å². The van der Waals surface area contributed by atoms with Gasteiger partial charge in [-0.3, -0.25) is 4.90 Å². The lowest BCUT2D eigenvalue weighted by Crippen LogP contribution is -2.44. The minimum Gasteiger partial charge on any atom is -0.303 e. The molecule has 1 unspecified atom stereocenters. The van der Waals surface area contributed by atoms with E-state index in [1.165, 1.54) is 10.6 Å². The zero-order chi connectivity index (χ0) is 14.1. The van der Waals surface area contributed by atoms with Gasteiger partial charge in [-0.1, -0.05) is 28.1 Å². The number of halogens is 1. The van der Waals surface area contributed by atoms with E-state index in [1.807, 2.05) is 6.07 Å². The summed E-state index contributed by atoms with van der Waals surface area (Å²) in [5, 5.41) is 3.38. The second kappa shape index (κ2) is 5.93. The predicted molar refractivity (Wildman–Crippen MR) is 88.1 cm³/mol. The third-order valence-electron chi connectivity index (χ3n) is 3.78. The second-order valence-corrected chi connectivity index (χ2v) is 7.15. The summed E-state index contributed by atoms with van der Waals surface area (Å²) in [5.41, 5.74) is 2.25. The maximum Gasteiger partial charge on any atom is 0.112 e. The number of hydrogen-bond acceptors (Lipinski definition) is 4. The Labute approximate surface area is 132 Å². The fraction of sp³-hybridized carbons (Fsp3) is 0.400. The van der Waals surface area contributed by atoms with Gasteiger partial charge in [0.25, 0.3) is 0 Å². The lowest BCUT2D eigenvalue weighted by molar-refractivity contribution is 0.115. The second-order valence-electron chi connectivity index (χ2n) is 5.34. The van der Waals surface area contributed by atoms with Crippen LogP contribution in [-0.4, -0.2) is 48.5 Å². The molecule has 0 bridgehead atoms. The summed E-state index contributed by atoms with van der Waals surface area (Å²) in [6.45, 7) is 3.30. The van der Waals surface area contributed by atoms with Gasteiger partial charge in [-0.25, -0.2) is 4.98 Å². The number of thiazole rings is 1. The minimum absolute atomic E-state index is 0.416. The minimum atomic E-state index is 0.416. The molecule has 3 rings (SSSR count). The molecule has 1 aliphatic rings. The third-order valence-corrected chi connectivity index (χ3v) is 5.22. The third kappa shape index (κ3) is 2.96. The van der Waals surface area contributed by atoms with Crippen molar-refractivity contribution in [2.75, 3.05) is 33.7 Å². The molecule has 20 heavy (non-hydrogen) atoms. The van der Waals surface area contributed by atoms with Crippen molar-refractivity contribution >= 4 is 27.3 Å². The standard InChI is InChI=1S/C15H18BrN3S/c1-18-6-7-19(2)14(9-18)15-17-13(10-20-15)11-4-3-5-12(16)8-11/h3-5,8,10,14H,6-7,9H2,1-2H3. The van der Waals surface area contributed by atoms with Crippen LogP contribution in [0.1, 0.15) is 11.0 Å². The Morgan fingerprint density at radius 2 is 2.15 bits per heavy atom. The molecular formula is C15H18BrN3S. The fourth-order valence-corrected chi connectivity index (χ4v) is 3.88. The zero-order valence-corrected chi connectivity index (χ0v) is 14.1. The van der Waals surface area contributed by atoms with Crippen LogP contribution in [0.5, 0.6) is 0 Å². The van der Waals surface area contributed by atoms with Crippen LogP contribution >= 0.6 is 27.3 Å². The van der Waals surface area contributed by atoms with Gasteiger partial charge in [-0.15, -0.1) is 11.3 Å². The van der Waals surface area contributed by atoms with Gasteiger partial charge in [-0.2, -0.15) is 0 Å². The number of nitrogens with zero attached hydrogens (tertiary/aromatic N) is 3. The molecule has 3 nitrogen and oxygen atoms in total. The van der Waals surface area contributed by atoms with E-state index in [9.17, 15) is 0 Å². The van der Waals surface area contributed by atoms with Crippen LogP contribution in [-0.2, 0) is 0 Å². The summed E-state index contributed by atoms with van der Waals surface area (Å²) in [6.07, 6.45) is 0. The summed E-state index contributed by atoms with van der Waals surface area (Å²) in [4.78, 5) is 9.65. The van der Waals surface area contributed by atoms with E-state index in [2.05, 4.69) is 63.4 Å². The summed E-state index contributed by atoms with van der Waals surface area (Å²) < 4.78 is 1.10. The van der Waals surface area contributed by atoms with Crippen molar-refractivity contribution in [3.8, 4) is 11.3 Å². The summed E-state index contributed by atoms with van der Waals surface area (Å²) in [6, 6.07) is 8.75. The normalized spacial score (nSPS) is 21.2. The lowest BCUT2D eigenvalue weighted by atomic mass is 10.1. The number of aromatic nitrogens is 1. The molecule has 0 aliphatic carbocycles. The fourth-order valence-electron chi connectivity index (χ4n) is 2.50. The first-order valence-electron chi connectivity index (χ1n) is 6.73. The molecule has 106 valence electrons. The number of hydrogen-bond donors (Lipinski definition) is 0. The molecule has 0 amide bonds. The number of likely N-dealkylation sites (N-methyl/N-ethyl adjacent to an activating group) is 2. The Morgan fingerprint density at radius 3 is 2.95 bits per heavy atom. The van der Waals surface area contributed by atoms with Crippen molar-refractivity contribution in [3.05, 3.63) is 39.1 Å². The Hall–Kier alpha value is -0.750. The average molecular weight is 352 g/mol. The highest BCUT2D eigenvalue weighted by atomic mass is 79.9. The lowest BCUT2D eigenvalue weighted by Gasteiger charge is -2.36. The highest BCUT2D eigenvalue weighted by molar-refractivity contribution is 9.10. The molecular weight excluding hydrogens is 334 g/mol. The molecule has 0 spiro atoms. The van der Waals surface area contributed by atoms with Crippen LogP contribution < -0.4 is 0 Å². The van der Waals surface area contributed by atoms with Gasteiger partial charge in [0.2, 0.25) is 0 Å². The summed E-state index contributed by atoms with van der Waals surface area (Å²) in [5.74, 6) is 0. The zero-order valence-electron chi connectivity index (χ0n) is 11.7. The smallest absolute Gasteiger partial charge is 0.112 e. The molecule has 5 heteroatoms. The molecule has 1 aromatic heterocycles. The SMILES string of the molecule is CN1CCN(C)C(c2nc(-c3cccc(Br)c3)cs2)C1. The highest BCUT2D eigenvalue weighted by Gasteiger charge is 2.26. The van der Waals surface area contributed by atoms with E-state index in [0.717, 1.165) is 29.8 Å². The molecule has 2 aromatic rings. The first-order valence-corrected chi connectivity index (χ1v) is 8.41. The van der Waals surface area contributed by atoms with Crippen molar-refractivity contribution < 1.29 is 0 Å². The molecule has 2 heterocycles. The maximum atomic E-state index is 4.86. The molecule has 1 aliphatic heterocycles. The molecule has 1 aromatic carbocycles. The molecule has 0 radical (unpaired) electrons. The van der Waals surface area contributed by atoms with Gasteiger partial charge in [0, 0.05) is 35.1 Å². The Kier molecular flexibility index (Phi) is 4.21. The molecule has 1 saturated heterocycles. The van der Waals surface area contributed by atoms with E-state index in [1.54, 1.807) is 11.3 Å². The van der Waals surface area contributed by atoms with Crippen molar-refractivity contribution in [1.29, 1.82) is 0 Å². The van der Waals surface area contributed by atoms with Crippen molar-refractivity contribution in [2.24, 2.45) is 0 Å². The van der Waals surface area contributed by atoms with E-state index in [-0.39, 0.29) is 0 Å². The van der Waals surface area contributed by atoms with Gasteiger partial charge in [0.05, 0.1) is 11.7 Å². The van der Waals surface area contributed by atoms with Crippen LogP contribution in [0.3, 0.4) is 0 Å². The molecule has 1 fully saturated rings. The predicted octanol–water partition coefficient (Wildman–Crippen LogP) is 3.49. The van der Waals surface area contributed by atoms with Crippen LogP contribution in [0.15, 0.2) is 34.1 Å². The maximum absolute atomic E-state index is 4.86. The van der Waals surface area contributed by atoms with E-state index in [0.29, 0.717) is 6.04 Å². The van der Waals surface area contributed by atoms with Gasteiger partial charge in [0.15, 0.2) is 0 Å². The van der Waals surface area contributed by atoms with Crippen LogP contribution in [0, 0.1) is 0 Å². The van der Waals surface area contributed by atoms with Crippen LogP contribution in [0.4, 0.5) is 0 Å². The van der Waals surface area contributed by atoms with E-state index in [4.69, 9.17) is 4.98 Å². The van der Waals surface area contributed by atoms with Gasteiger partial charge < -0.3 is 4.90 Å². The highest BCUT2D eigenvalue weighted by Crippen LogP contribution is 2.30. The largest absolute Gasteiger partial charge is 0.303 e. The summed E-state index contributed by atoms with van der Waals surface area (Å²) in [7, 11) is 4.38. The Bertz CT molecular complexity index is 598. The van der Waals surface area contributed by atoms with Crippen LogP contribution in [0.2, 0.25) is 0 Å². The van der Waals surface area contributed by atoms with Crippen molar-refractivity contribution in [1.82, 2.24) is 14.8 Å². The Morgan fingerprint density at radius 1 is 1.30 bits per heavy atom. The molecule has 0 saturated carbocycles. The average Bonchev–Trinajstić information content (AvgIpc) is 2.91. The van der Waals surface area contributed by atoms with E-state index < -0.39 is 0 Å². The number of piperazine rings is 1. The summed E-state index contributed by atoms with van der Waals surface area (Å²) >= 11 is 5.29. The number of rotatable bonds is 2. The quantitative estimate of drug-likeness (QED) is 0.825. The molecule has 1 atom stereocenters. The van der Waals surface area contributed by atoms with Gasteiger partial charge in [-0.05, 0) is 26.2 Å². The van der Waals surface area contributed by atoms with E-state index >= 15 is 0 Å². The Balaban J connectivity index is 1.86. The number of benzene rings is 1. The van der Waals surface area contributed by atoms with Gasteiger partial charge in [0.1, 0.15) is 5.01 Å². The molecule has 0 N–H and O–H groups in total.